The van der Waals surface area contributed by atoms with Crippen LogP contribution in [-0.2, 0) is 14.8 Å². The van der Waals surface area contributed by atoms with E-state index in [1.165, 1.54) is 29.2 Å². The van der Waals surface area contributed by atoms with Crippen LogP contribution >= 0.6 is 11.8 Å². The van der Waals surface area contributed by atoms with Crippen molar-refractivity contribution in [2.75, 3.05) is 32.5 Å². The van der Waals surface area contributed by atoms with Gasteiger partial charge in [-0.25, -0.2) is 17.8 Å². The number of nitrogens with zero attached hydrogens (tertiary/aromatic N) is 3. The molecule has 1 aromatic heterocycles. The third-order valence-corrected chi connectivity index (χ3v) is 7.55. The Hall–Kier alpha value is -2.18. The molecule has 0 radical (unpaired) electrons. The van der Waals surface area contributed by atoms with Crippen molar-refractivity contribution >= 4 is 27.7 Å². The summed E-state index contributed by atoms with van der Waals surface area (Å²) in [4.78, 5) is 16.4. The highest BCUT2D eigenvalue weighted by Gasteiger charge is 2.33. The monoisotopic (exact) mass is 457 g/mol. The first-order chi connectivity index (χ1) is 14.3. The maximum atomic E-state index is 13.6. The van der Waals surface area contributed by atoms with Gasteiger partial charge in [-0.3, -0.25) is 9.89 Å². The molecule has 0 saturated carbocycles. The summed E-state index contributed by atoms with van der Waals surface area (Å²) in [6.07, 6.45) is 0.798. The summed E-state index contributed by atoms with van der Waals surface area (Å²) in [5, 5.41) is 10.3. The Kier molecular flexibility index (Phi) is 7.32. The number of H-pyrrole nitrogens is 1. The van der Waals surface area contributed by atoms with Crippen molar-refractivity contribution in [1.82, 2.24) is 24.8 Å². The van der Waals surface area contributed by atoms with Crippen LogP contribution in [0.4, 0.5) is 4.39 Å². The van der Waals surface area contributed by atoms with Crippen molar-refractivity contribution in [2.24, 2.45) is 5.92 Å². The minimum atomic E-state index is -3.91. The minimum Gasteiger partial charge on any atom is -0.495 e. The minimum absolute atomic E-state index is 0.0929. The van der Waals surface area contributed by atoms with Crippen molar-refractivity contribution in [3.8, 4) is 5.75 Å². The Morgan fingerprint density at radius 1 is 1.40 bits per heavy atom. The van der Waals surface area contributed by atoms with Gasteiger partial charge in [0.15, 0.2) is 0 Å². The van der Waals surface area contributed by atoms with E-state index in [4.69, 9.17) is 4.74 Å². The SMILES string of the molecule is COc1ccc(F)cc1S(=O)(=O)N1CCC(C(=O)NCCSc2n[nH]c(C)n2)CC1. The summed E-state index contributed by atoms with van der Waals surface area (Å²) < 4.78 is 45.8. The predicted octanol–water partition coefficient (Wildman–Crippen LogP) is 1.57. The molecular formula is C18H24FN5O4S2. The topological polar surface area (TPSA) is 117 Å². The number of carbonyl (C=O) groups is 1. The van der Waals surface area contributed by atoms with Gasteiger partial charge in [-0.15, -0.1) is 5.10 Å². The van der Waals surface area contributed by atoms with Gasteiger partial charge >= 0.3 is 0 Å². The molecule has 9 nitrogen and oxygen atoms in total. The number of hydrogen-bond acceptors (Lipinski definition) is 7. The molecule has 0 bridgehead atoms. The Bertz CT molecular complexity index is 990. The number of rotatable bonds is 8. The molecule has 1 amide bonds. The lowest BCUT2D eigenvalue weighted by Gasteiger charge is -2.30. The summed E-state index contributed by atoms with van der Waals surface area (Å²) in [6, 6.07) is 3.40. The van der Waals surface area contributed by atoms with Gasteiger partial charge in [0, 0.05) is 31.3 Å². The number of aryl methyl sites for hydroxylation is 1. The van der Waals surface area contributed by atoms with Crippen molar-refractivity contribution in [3.05, 3.63) is 29.8 Å². The smallest absolute Gasteiger partial charge is 0.246 e. The normalized spacial score (nSPS) is 15.8. The standard InChI is InChI=1S/C18H24FN5O4S2/c1-12-21-18(23-22-12)29-10-7-20-17(25)13-5-8-24(9-6-13)30(26,27)16-11-14(19)3-4-15(16)28-2/h3-4,11,13H,5-10H2,1-2H3,(H,20,25)(H,21,22,23). The second-order valence-electron chi connectivity index (χ2n) is 6.82. The lowest BCUT2D eigenvalue weighted by Crippen LogP contribution is -2.43. The fraction of sp³-hybridized carbons (Fsp3) is 0.500. The van der Waals surface area contributed by atoms with Crippen LogP contribution in [0.25, 0.3) is 0 Å². The number of hydrogen-bond donors (Lipinski definition) is 2. The van der Waals surface area contributed by atoms with Gasteiger partial charge in [0.25, 0.3) is 0 Å². The van der Waals surface area contributed by atoms with Crippen LogP contribution < -0.4 is 10.1 Å². The lowest BCUT2D eigenvalue weighted by molar-refractivity contribution is -0.125. The molecular weight excluding hydrogens is 433 g/mol. The van der Waals surface area contributed by atoms with Crippen LogP contribution in [-0.4, -0.2) is 66.3 Å². The predicted molar refractivity (Wildman–Crippen MR) is 109 cm³/mol. The van der Waals surface area contributed by atoms with E-state index in [2.05, 4.69) is 20.5 Å². The lowest BCUT2D eigenvalue weighted by atomic mass is 9.97. The van der Waals surface area contributed by atoms with Gasteiger partial charge < -0.3 is 10.1 Å². The molecule has 1 aliphatic heterocycles. The molecule has 2 N–H and O–H groups in total. The van der Waals surface area contributed by atoms with E-state index in [1.54, 1.807) is 0 Å². The number of nitrogens with one attached hydrogen (secondary N) is 2. The molecule has 0 atom stereocenters. The summed E-state index contributed by atoms with van der Waals surface area (Å²) in [5.41, 5.74) is 0. The van der Waals surface area contributed by atoms with E-state index in [0.717, 1.165) is 18.0 Å². The van der Waals surface area contributed by atoms with Crippen molar-refractivity contribution < 1.29 is 22.3 Å². The molecule has 30 heavy (non-hydrogen) atoms. The van der Waals surface area contributed by atoms with Gasteiger partial charge in [0.2, 0.25) is 21.1 Å². The number of ether oxygens (including phenoxy) is 1. The van der Waals surface area contributed by atoms with Crippen LogP contribution in [0.2, 0.25) is 0 Å². The molecule has 0 aliphatic carbocycles. The van der Waals surface area contributed by atoms with E-state index in [-0.39, 0.29) is 35.6 Å². The summed E-state index contributed by atoms with van der Waals surface area (Å²) in [7, 11) is -2.57. The first-order valence-electron chi connectivity index (χ1n) is 9.44. The molecule has 2 heterocycles. The summed E-state index contributed by atoms with van der Waals surface area (Å²) in [5.74, 6) is 0.454. The number of benzene rings is 1. The molecule has 0 unspecified atom stereocenters. The zero-order valence-corrected chi connectivity index (χ0v) is 18.4. The van der Waals surface area contributed by atoms with E-state index in [0.29, 0.717) is 30.3 Å². The third-order valence-electron chi connectivity index (χ3n) is 4.78. The molecule has 164 valence electrons. The second-order valence-corrected chi connectivity index (χ2v) is 9.78. The number of thioether (sulfide) groups is 1. The quantitative estimate of drug-likeness (QED) is 0.456. The zero-order chi connectivity index (χ0) is 21.7. The fourth-order valence-corrected chi connectivity index (χ4v) is 5.53. The first kappa shape index (κ1) is 22.5. The molecule has 3 rings (SSSR count). The highest BCUT2D eigenvalue weighted by Crippen LogP contribution is 2.30. The Balaban J connectivity index is 1.50. The van der Waals surface area contributed by atoms with Gasteiger partial charge in [0.05, 0.1) is 7.11 Å². The number of halogens is 1. The zero-order valence-electron chi connectivity index (χ0n) is 16.7. The van der Waals surface area contributed by atoms with E-state index < -0.39 is 15.8 Å². The third kappa shape index (κ3) is 5.29. The molecule has 1 aromatic carbocycles. The Morgan fingerprint density at radius 3 is 2.77 bits per heavy atom. The van der Waals surface area contributed by atoms with Crippen molar-refractivity contribution in [1.29, 1.82) is 0 Å². The summed E-state index contributed by atoms with van der Waals surface area (Å²) in [6.45, 7) is 2.66. The molecule has 1 fully saturated rings. The van der Waals surface area contributed by atoms with Crippen LogP contribution in [0.5, 0.6) is 5.75 Å². The Labute approximate surface area is 178 Å². The van der Waals surface area contributed by atoms with E-state index in [1.807, 2.05) is 6.92 Å². The highest BCUT2D eigenvalue weighted by molar-refractivity contribution is 7.99. The largest absolute Gasteiger partial charge is 0.495 e. The molecule has 2 aromatic rings. The second kappa shape index (κ2) is 9.75. The molecule has 12 heteroatoms. The van der Waals surface area contributed by atoms with Crippen molar-refractivity contribution in [2.45, 2.75) is 29.8 Å². The first-order valence-corrected chi connectivity index (χ1v) is 11.9. The number of aromatic nitrogens is 3. The number of amides is 1. The van der Waals surface area contributed by atoms with Gasteiger partial charge in [-0.05, 0) is 38.0 Å². The number of aromatic amines is 1. The van der Waals surface area contributed by atoms with Crippen LogP contribution in [0.1, 0.15) is 18.7 Å². The summed E-state index contributed by atoms with van der Waals surface area (Å²) >= 11 is 1.44. The van der Waals surface area contributed by atoms with Crippen LogP contribution in [0, 0.1) is 18.7 Å². The Morgan fingerprint density at radius 2 is 2.13 bits per heavy atom. The van der Waals surface area contributed by atoms with E-state index in [9.17, 15) is 17.6 Å². The highest BCUT2D eigenvalue weighted by atomic mass is 32.2. The van der Waals surface area contributed by atoms with Crippen molar-refractivity contribution in [3.63, 3.8) is 0 Å². The maximum Gasteiger partial charge on any atom is 0.246 e. The fourth-order valence-electron chi connectivity index (χ4n) is 3.20. The number of piperidine rings is 1. The van der Waals surface area contributed by atoms with Gasteiger partial charge in [-0.1, -0.05) is 11.8 Å². The van der Waals surface area contributed by atoms with Gasteiger partial charge in [0.1, 0.15) is 22.3 Å². The average molecular weight is 458 g/mol. The average Bonchev–Trinajstić information content (AvgIpc) is 3.16. The van der Waals surface area contributed by atoms with Gasteiger partial charge in [-0.2, -0.15) is 4.31 Å². The van der Waals surface area contributed by atoms with Crippen LogP contribution in [0.3, 0.4) is 0 Å². The molecule has 1 aliphatic rings. The van der Waals surface area contributed by atoms with Crippen LogP contribution in [0.15, 0.2) is 28.3 Å². The van der Waals surface area contributed by atoms with E-state index >= 15 is 0 Å². The molecule has 0 spiro atoms. The number of methoxy groups -OCH3 is 1. The number of carbonyl (C=O) groups excluding carboxylic acids is 1. The molecule has 1 saturated heterocycles. The maximum absolute atomic E-state index is 13.6. The number of sulfonamides is 1.